The largest absolute Gasteiger partial charge is 0.233 e. The van der Waals surface area contributed by atoms with Crippen LogP contribution in [-0.2, 0) is 0 Å². The fourth-order valence-corrected chi connectivity index (χ4v) is 2.01. The maximum Gasteiger partial charge on any atom is 0.126 e. The third-order valence-corrected chi connectivity index (χ3v) is 2.76. The zero-order valence-corrected chi connectivity index (χ0v) is 13.6. The van der Waals surface area contributed by atoms with Gasteiger partial charge in [0.1, 0.15) is 5.82 Å². The first kappa shape index (κ1) is 16.8. The van der Waals surface area contributed by atoms with E-state index in [0.717, 1.165) is 28.0 Å². The molecular weight excluding hydrogens is 256 g/mol. The van der Waals surface area contributed by atoms with E-state index in [1.165, 1.54) is 0 Å². The second-order valence-corrected chi connectivity index (χ2v) is 4.00. The molecule has 0 saturated carbocycles. The molecule has 0 aliphatic heterocycles. The van der Waals surface area contributed by atoms with Crippen LogP contribution in [0.15, 0.2) is 54.6 Å². The molecule has 3 aromatic rings. The fourth-order valence-electron chi connectivity index (χ4n) is 2.01. The Kier molecular flexibility index (Phi) is 7.10. The lowest BCUT2D eigenvalue weighted by atomic mass is 10.1. The first-order valence-electron chi connectivity index (χ1n) is 7.63. The van der Waals surface area contributed by atoms with Crippen LogP contribution in [0, 0.1) is 6.92 Å². The van der Waals surface area contributed by atoms with Crippen molar-refractivity contribution in [2.24, 2.45) is 0 Å². The lowest BCUT2D eigenvalue weighted by Crippen LogP contribution is -1.93. The van der Waals surface area contributed by atoms with Crippen molar-refractivity contribution in [2.45, 2.75) is 34.6 Å². The normalized spacial score (nSPS) is 9.19. The summed E-state index contributed by atoms with van der Waals surface area (Å²) in [7, 11) is 0. The van der Waals surface area contributed by atoms with Crippen molar-refractivity contribution in [3.63, 3.8) is 0 Å². The molecule has 0 fully saturated rings. The molecule has 0 unspecified atom stereocenters. The highest BCUT2D eigenvalue weighted by molar-refractivity contribution is 5.92. The topological polar surface area (TPSA) is 25.8 Å². The summed E-state index contributed by atoms with van der Waals surface area (Å²) in [6, 6.07) is 18.3. The van der Waals surface area contributed by atoms with Gasteiger partial charge in [0.15, 0.2) is 0 Å². The molecule has 3 rings (SSSR count). The second-order valence-electron chi connectivity index (χ2n) is 4.00. The van der Waals surface area contributed by atoms with Crippen LogP contribution in [0.2, 0.25) is 0 Å². The molecule has 1 heterocycles. The molecule has 0 aliphatic carbocycles. The summed E-state index contributed by atoms with van der Waals surface area (Å²) in [5.41, 5.74) is 3.14. The molecule has 2 nitrogen and oxygen atoms in total. The van der Waals surface area contributed by atoms with Gasteiger partial charge in [0.05, 0.1) is 11.2 Å². The number of nitrogens with zero attached hydrogens (tertiary/aromatic N) is 2. The number of rotatable bonds is 1. The maximum absolute atomic E-state index is 4.56. The van der Waals surface area contributed by atoms with Gasteiger partial charge in [0.2, 0.25) is 0 Å². The van der Waals surface area contributed by atoms with Crippen molar-refractivity contribution in [1.82, 2.24) is 9.97 Å². The molecule has 2 heteroatoms. The molecule has 0 bridgehead atoms. The summed E-state index contributed by atoms with van der Waals surface area (Å²) < 4.78 is 0. The highest BCUT2D eigenvalue weighted by Crippen LogP contribution is 2.25. The number of benzene rings is 2. The van der Waals surface area contributed by atoms with Crippen molar-refractivity contribution in [2.75, 3.05) is 0 Å². The van der Waals surface area contributed by atoms with Gasteiger partial charge in [0, 0.05) is 10.9 Å². The highest BCUT2D eigenvalue weighted by atomic mass is 14.9. The van der Waals surface area contributed by atoms with Gasteiger partial charge in [-0.25, -0.2) is 9.97 Å². The summed E-state index contributed by atoms with van der Waals surface area (Å²) in [5, 5.41) is 1.10. The van der Waals surface area contributed by atoms with Crippen LogP contribution in [0.1, 0.15) is 33.5 Å². The minimum atomic E-state index is 0.808. The summed E-state index contributed by atoms with van der Waals surface area (Å²) in [6.07, 6.45) is 0. The average Bonchev–Trinajstić information content (AvgIpc) is 2.58. The number of fused-ring (bicyclic) bond motifs is 1. The van der Waals surface area contributed by atoms with E-state index in [2.05, 4.69) is 28.2 Å². The molecule has 0 aliphatic rings. The van der Waals surface area contributed by atoms with Crippen LogP contribution in [0.5, 0.6) is 0 Å². The standard InChI is InChI=1S/C15H12N2.2C2H6/c1-11-16-14-10-6-5-9-13(14)15(17-11)12-7-3-2-4-8-12;2*1-2/h2-10H,1H3;2*1-2H3. The molecule has 1 aromatic heterocycles. The summed E-state index contributed by atoms with van der Waals surface area (Å²) in [6.45, 7) is 9.93. The number of aryl methyl sites for hydroxylation is 1. The Hall–Kier alpha value is -2.22. The highest BCUT2D eigenvalue weighted by Gasteiger charge is 2.06. The third kappa shape index (κ3) is 4.12. The van der Waals surface area contributed by atoms with E-state index in [-0.39, 0.29) is 0 Å². The molecule has 0 radical (unpaired) electrons. The van der Waals surface area contributed by atoms with Crippen molar-refractivity contribution in [1.29, 1.82) is 0 Å². The van der Waals surface area contributed by atoms with Crippen LogP contribution in [-0.4, -0.2) is 9.97 Å². The number of hydrogen-bond donors (Lipinski definition) is 0. The van der Waals surface area contributed by atoms with Gasteiger partial charge < -0.3 is 0 Å². The Morgan fingerprint density at radius 1 is 0.667 bits per heavy atom. The van der Waals surface area contributed by atoms with Crippen LogP contribution >= 0.6 is 0 Å². The first-order chi connectivity index (χ1) is 10.3. The lowest BCUT2D eigenvalue weighted by molar-refractivity contribution is 1.10. The molecule has 2 aromatic carbocycles. The first-order valence-corrected chi connectivity index (χ1v) is 7.63. The third-order valence-electron chi connectivity index (χ3n) is 2.76. The van der Waals surface area contributed by atoms with E-state index in [4.69, 9.17) is 0 Å². The number of hydrogen-bond acceptors (Lipinski definition) is 2. The Morgan fingerprint density at radius 2 is 1.24 bits per heavy atom. The molecule has 0 saturated heterocycles. The van der Waals surface area contributed by atoms with Gasteiger partial charge in [-0.15, -0.1) is 0 Å². The Balaban J connectivity index is 0.000000510. The predicted molar refractivity (Wildman–Crippen MR) is 92.4 cm³/mol. The van der Waals surface area contributed by atoms with E-state index in [0.29, 0.717) is 0 Å². The molecule has 21 heavy (non-hydrogen) atoms. The van der Waals surface area contributed by atoms with Crippen LogP contribution in [0.4, 0.5) is 0 Å². The fraction of sp³-hybridized carbons (Fsp3) is 0.263. The van der Waals surface area contributed by atoms with Gasteiger partial charge in [-0.05, 0) is 13.0 Å². The van der Waals surface area contributed by atoms with E-state index in [1.54, 1.807) is 0 Å². The van der Waals surface area contributed by atoms with Gasteiger partial charge in [-0.1, -0.05) is 76.2 Å². The minimum Gasteiger partial charge on any atom is -0.233 e. The smallest absolute Gasteiger partial charge is 0.126 e. The van der Waals surface area contributed by atoms with Gasteiger partial charge in [-0.3, -0.25) is 0 Å². The van der Waals surface area contributed by atoms with Gasteiger partial charge >= 0.3 is 0 Å². The van der Waals surface area contributed by atoms with Crippen molar-refractivity contribution >= 4 is 10.9 Å². The van der Waals surface area contributed by atoms with E-state index >= 15 is 0 Å². The molecule has 0 amide bonds. The number of para-hydroxylation sites is 1. The molecule has 0 spiro atoms. The molecular formula is C19H24N2. The Bertz CT molecular complexity index is 661. The zero-order valence-electron chi connectivity index (χ0n) is 13.6. The van der Waals surface area contributed by atoms with Crippen LogP contribution in [0.3, 0.4) is 0 Å². The van der Waals surface area contributed by atoms with Crippen molar-refractivity contribution in [3.05, 3.63) is 60.4 Å². The van der Waals surface area contributed by atoms with Crippen molar-refractivity contribution < 1.29 is 0 Å². The Labute approximate surface area is 127 Å². The zero-order chi connectivity index (χ0) is 15.7. The van der Waals surface area contributed by atoms with Gasteiger partial charge in [0.25, 0.3) is 0 Å². The summed E-state index contributed by atoms with van der Waals surface area (Å²) >= 11 is 0. The van der Waals surface area contributed by atoms with Crippen LogP contribution < -0.4 is 0 Å². The maximum atomic E-state index is 4.56. The quantitative estimate of drug-likeness (QED) is 0.575. The van der Waals surface area contributed by atoms with Crippen LogP contribution in [0.25, 0.3) is 22.2 Å². The lowest BCUT2D eigenvalue weighted by Gasteiger charge is -2.06. The summed E-state index contributed by atoms with van der Waals surface area (Å²) in [5.74, 6) is 0.808. The van der Waals surface area contributed by atoms with E-state index in [1.807, 2.05) is 71.0 Å². The minimum absolute atomic E-state index is 0.808. The second kappa shape index (κ2) is 8.85. The molecule has 110 valence electrons. The molecule has 0 N–H and O–H groups in total. The molecule has 0 atom stereocenters. The number of aromatic nitrogens is 2. The summed E-state index contributed by atoms with van der Waals surface area (Å²) in [4.78, 5) is 9.01. The Morgan fingerprint density at radius 3 is 1.90 bits per heavy atom. The average molecular weight is 280 g/mol. The van der Waals surface area contributed by atoms with Crippen molar-refractivity contribution in [3.8, 4) is 11.3 Å². The van der Waals surface area contributed by atoms with E-state index < -0.39 is 0 Å². The van der Waals surface area contributed by atoms with E-state index in [9.17, 15) is 0 Å². The monoisotopic (exact) mass is 280 g/mol. The SMILES string of the molecule is CC.CC.Cc1nc(-c2ccccc2)c2ccccc2n1. The van der Waals surface area contributed by atoms with Gasteiger partial charge in [-0.2, -0.15) is 0 Å². The predicted octanol–water partition coefficient (Wildman–Crippen LogP) is 5.66.